The highest BCUT2D eigenvalue weighted by Gasteiger charge is 2.02. The Morgan fingerprint density at radius 3 is 2.44 bits per heavy atom. The van der Waals surface area contributed by atoms with Gasteiger partial charge in [-0.25, -0.2) is 0 Å². The van der Waals surface area contributed by atoms with Crippen LogP contribution in [0.5, 0.6) is 0 Å². The first-order chi connectivity index (χ1) is 7.66. The SMILES string of the molecule is Cc1ccc(NCc2cnn(C)c2C)cc1. The summed E-state index contributed by atoms with van der Waals surface area (Å²) >= 11 is 0. The fraction of sp³-hybridized carbons (Fsp3) is 0.308. The summed E-state index contributed by atoms with van der Waals surface area (Å²) in [5.74, 6) is 0. The van der Waals surface area contributed by atoms with E-state index in [0.29, 0.717) is 0 Å². The summed E-state index contributed by atoms with van der Waals surface area (Å²) in [6, 6.07) is 8.42. The number of hydrogen-bond donors (Lipinski definition) is 1. The summed E-state index contributed by atoms with van der Waals surface area (Å²) in [6.45, 7) is 5.00. The number of aromatic nitrogens is 2. The van der Waals surface area contributed by atoms with Gasteiger partial charge in [0.1, 0.15) is 0 Å². The monoisotopic (exact) mass is 215 g/mol. The molecule has 1 N–H and O–H groups in total. The zero-order valence-electron chi connectivity index (χ0n) is 9.99. The molecule has 1 aromatic carbocycles. The van der Waals surface area contributed by atoms with Crippen LogP contribution in [-0.2, 0) is 13.6 Å². The van der Waals surface area contributed by atoms with E-state index in [1.165, 1.54) is 16.8 Å². The molecule has 0 unspecified atom stereocenters. The molecule has 1 aromatic heterocycles. The molecular weight excluding hydrogens is 198 g/mol. The predicted molar refractivity (Wildman–Crippen MR) is 66.5 cm³/mol. The fourth-order valence-electron chi connectivity index (χ4n) is 1.59. The van der Waals surface area contributed by atoms with Crippen LogP contribution in [0.15, 0.2) is 30.5 Å². The van der Waals surface area contributed by atoms with Gasteiger partial charge in [-0.1, -0.05) is 17.7 Å². The molecule has 0 atom stereocenters. The quantitative estimate of drug-likeness (QED) is 0.853. The van der Waals surface area contributed by atoms with Crippen molar-refractivity contribution in [2.75, 3.05) is 5.32 Å². The molecule has 0 radical (unpaired) electrons. The van der Waals surface area contributed by atoms with Crippen LogP contribution in [0.2, 0.25) is 0 Å². The van der Waals surface area contributed by atoms with E-state index in [1.54, 1.807) is 0 Å². The summed E-state index contributed by atoms with van der Waals surface area (Å²) in [7, 11) is 1.96. The van der Waals surface area contributed by atoms with Crippen molar-refractivity contribution in [3.63, 3.8) is 0 Å². The molecule has 0 aliphatic carbocycles. The molecule has 0 spiro atoms. The zero-order valence-corrected chi connectivity index (χ0v) is 9.99. The van der Waals surface area contributed by atoms with Crippen molar-refractivity contribution in [1.29, 1.82) is 0 Å². The van der Waals surface area contributed by atoms with E-state index in [4.69, 9.17) is 0 Å². The van der Waals surface area contributed by atoms with E-state index in [9.17, 15) is 0 Å². The number of anilines is 1. The van der Waals surface area contributed by atoms with Crippen LogP contribution in [0.3, 0.4) is 0 Å². The lowest BCUT2D eigenvalue weighted by molar-refractivity contribution is 0.738. The summed E-state index contributed by atoms with van der Waals surface area (Å²) in [5.41, 5.74) is 4.87. The summed E-state index contributed by atoms with van der Waals surface area (Å²) in [6.07, 6.45) is 1.91. The molecular formula is C13H17N3. The number of hydrogen-bond acceptors (Lipinski definition) is 2. The van der Waals surface area contributed by atoms with Gasteiger partial charge in [-0.3, -0.25) is 4.68 Å². The van der Waals surface area contributed by atoms with Crippen LogP contribution < -0.4 is 5.32 Å². The van der Waals surface area contributed by atoms with Gasteiger partial charge in [0.05, 0.1) is 6.20 Å². The number of aryl methyl sites for hydroxylation is 2. The summed E-state index contributed by atoms with van der Waals surface area (Å²) < 4.78 is 1.89. The van der Waals surface area contributed by atoms with Crippen LogP contribution in [0, 0.1) is 13.8 Å². The average molecular weight is 215 g/mol. The minimum atomic E-state index is 0.822. The molecule has 1 heterocycles. The molecule has 16 heavy (non-hydrogen) atoms. The number of nitrogens with one attached hydrogen (secondary N) is 1. The molecule has 0 amide bonds. The second-order valence-electron chi connectivity index (χ2n) is 4.10. The van der Waals surface area contributed by atoms with Crippen molar-refractivity contribution in [3.05, 3.63) is 47.3 Å². The van der Waals surface area contributed by atoms with E-state index in [-0.39, 0.29) is 0 Å². The molecule has 0 fully saturated rings. The first kappa shape index (κ1) is 10.7. The van der Waals surface area contributed by atoms with E-state index in [0.717, 1.165) is 12.2 Å². The standard InChI is InChI=1S/C13H17N3/c1-10-4-6-13(7-5-10)14-8-12-9-15-16(3)11(12)2/h4-7,9,14H,8H2,1-3H3. The zero-order chi connectivity index (χ0) is 11.5. The molecule has 2 aromatic rings. The number of rotatable bonds is 3. The van der Waals surface area contributed by atoms with Crippen LogP contribution in [0.4, 0.5) is 5.69 Å². The molecule has 84 valence electrons. The summed E-state index contributed by atoms with van der Waals surface area (Å²) in [4.78, 5) is 0. The third kappa shape index (κ3) is 2.24. The topological polar surface area (TPSA) is 29.9 Å². The van der Waals surface area contributed by atoms with Gasteiger partial charge < -0.3 is 5.32 Å². The Morgan fingerprint density at radius 2 is 1.88 bits per heavy atom. The highest BCUT2D eigenvalue weighted by Crippen LogP contribution is 2.12. The molecule has 3 heteroatoms. The van der Waals surface area contributed by atoms with Gasteiger partial charge in [-0.15, -0.1) is 0 Å². The van der Waals surface area contributed by atoms with Crippen LogP contribution in [0.1, 0.15) is 16.8 Å². The lowest BCUT2D eigenvalue weighted by Gasteiger charge is -2.06. The lowest BCUT2D eigenvalue weighted by Crippen LogP contribution is -2.01. The highest BCUT2D eigenvalue weighted by atomic mass is 15.3. The molecule has 0 bridgehead atoms. The van der Waals surface area contributed by atoms with E-state index in [1.807, 2.05) is 17.9 Å². The number of nitrogens with zero attached hydrogens (tertiary/aromatic N) is 2. The smallest absolute Gasteiger partial charge is 0.0542 e. The molecule has 0 saturated carbocycles. The first-order valence-electron chi connectivity index (χ1n) is 5.45. The van der Waals surface area contributed by atoms with Gasteiger partial charge in [0.15, 0.2) is 0 Å². The van der Waals surface area contributed by atoms with Crippen molar-refractivity contribution < 1.29 is 0 Å². The van der Waals surface area contributed by atoms with E-state index in [2.05, 4.69) is 48.5 Å². The third-order valence-corrected chi connectivity index (χ3v) is 2.87. The Morgan fingerprint density at radius 1 is 1.19 bits per heavy atom. The molecule has 0 aliphatic heterocycles. The second-order valence-corrected chi connectivity index (χ2v) is 4.10. The largest absolute Gasteiger partial charge is 0.381 e. The maximum absolute atomic E-state index is 4.22. The van der Waals surface area contributed by atoms with E-state index >= 15 is 0 Å². The lowest BCUT2D eigenvalue weighted by atomic mass is 10.2. The van der Waals surface area contributed by atoms with E-state index < -0.39 is 0 Å². The Balaban J connectivity index is 2.02. The van der Waals surface area contributed by atoms with Gasteiger partial charge in [0.2, 0.25) is 0 Å². The van der Waals surface area contributed by atoms with Gasteiger partial charge in [0.25, 0.3) is 0 Å². The molecule has 0 aliphatic rings. The Hall–Kier alpha value is -1.77. The van der Waals surface area contributed by atoms with Crippen LogP contribution >= 0.6 is 0 Å². The maximum Gasteiger partial charge on any atom is 0.0542 e. The Bertz CT molecular complexity index is 468. The van der Waals surface area contributed by atoms with Crippen molar-refractivity contribution in [2.45, 2.75) is 20.4 Å². The van der Waals surface area contributed by atoms with Gasteiger partial charge in [0, 0.05) is 30.5 Å². The van der Waals surface area contributed by atoms with Gasteiger partial charge in [-0.05, 0) is 26.0 Å². The minimum absolute atomic E-state index is 0.822. The van der Waals surface area contributed by atoms with Crippen LogP contribution in [-0.4, -0.2) is 9.78 Å². The highest BCUT2D eigenvalue weighted by molar-refractivity contribution is 5.45. The fourth-order valence-corrected chi connectivity index (χ4v) is 1.59. The predicted octanol–water partition coefficient (Wildman–Crippen LogP) is 2.65. The number of benzene rings is 1. The van der Waals surface area contributed by atoms with Crippen LogP contribution in [0.25, 0.3) is 0 Å². The van der Waals surface area contributed by atoms with Crippen molar-refractivity contribution in [3.8, 4) is 0 Å². The Kier molecular flexibility index (Phi) is 2.95. The van der Waals surface area contributed by atoms with Crippen molar-refractivity contribution in [1.82, 2.24) is 9.78 Å². The Labute approximate surface area is 96.1 Å². The first-order valence-corrected chi connectivity index (χ1v) is 5.45. The minimum Gasteiger partial charge on any atom is -0.381 e. The average Bonchev–Trinajstić information content (AvgIpc) is 2.60. The van der Waals surface area contributed by atoms with Gasteiger partial charge in [-0.2, -0.15) is 5.10 Å². The maximum atomic E-state index is 4.22. The van der Waals surface area contributed by atoms with Crippen molar-refractivity contribution in [2.24, 2.45) is 7.05 Å². The third-order valence-electron chi connectivity index (χ3n) is 2.87. The molecule has 0 saturated heterocycles. The molecule has 3 nitrogen and oxygen atoms in total. The second kappa shape index (κ2) is 4.39. The normalized spacial score (nSPS) is 10.4. The van der Waals surface area contributed by atoms with Crippen molar-refractivity contribution >= 4 is 5.69 Å². The summed E-state index contributed by atoms with van der Waals surface area (Å²) in [5, 5.41) is 7.61. The molecule has 2 rings (SSSR count). The van der Waals surface area contributed by atoms with Gasteiger partial charge >= 0.3 is 0 Å².